The maximum absolute atomic E-state index is 11.2. The minimum atomic E-state index is -0.216. The van der Waals surface area contributed by atoms with E-state index in [1.165, 1.54) is 149 Å². The van der Waals surface area contributed by atoms with Crippen LogP contribution in [-0.2, 0) is 21.7 Å². The molecule has 0 saturated carbocycles. The normalized spacial score (nSPS) is 17.4. The number of benzene rings is 9. The molecular weight excluding hydrogens is 782 g/mol. The summed E-state index contributed by atoms with van der Waals surface area (Å²) < 4.78 is 0. The van der Waals surface area contributed by atoms with E-state index < -0.39 is 0 Å². The van der Waals surface area contributed by atoms with Gasteiger partial charge in [-0.25, -0.2) is 0 Å². The largest absolute Gasteiger partial charge is 0.244 e. The van der Waals surface area contributed by atoms with Gasteiger partial charge in [0.25, 0.3) is 0 Å². The van der Waals surface area contributed by atoms with Crippen LogP contribution in [0.3, 0.4) is 0 Å². The Bertz CT molecular complexity index is 3660. The van der Waals surface area contributed by atoms with Crippen LogP contribution in [0.4, 0.5) is 0 Å². The Morgan fingerprint density at radius 2 is 0.677 bits per heavy atom. The molecule has 0 saturated heterocycles. The summed E-state index contributed by atoms with van der Waals surface area (Å²) in [6.45, 7) is 19.4. The van der Waals surface area contributed by atoms with Crippen molar-refractivity contribution in [3.8, 4) is 72.8 Å². The van der Waals surface area contributed by atoms with Crippen molar-refractivity contribution in [2.24, 2.45) is 0 Å². The van der Waals surface area contributed by atoms with Gasteiger partial charge in [0, 0.05) is 21.7 Å². The molecule has 6 aliphatic rings. The summed E-state index contributed by atoms with van der Waals surface area (Å²) in [6.07, 6.45) is 0. The van der Waals surface area contributed by atoms with E-state index in [0.29, 0.717) is 0 Å². The van der Waals surface area contributed by atoms with Crippen LogP contribution < -0.4 is 16.4 Å². The summed E-state index contributed by atoms with van der Waals surface area (Å²) in [7, 11) is 0. The van der Waals surface area contributed by atoms with Gasteiger partial charge in [-0.1, -0.05) is 181 Å². The summed E-state index contributed by atoms with van der Waals surface area (Å²) in [5.74, 6) is 0. The second kappa shape index (κ2) is 11.1. The lowest BCUT2D eigenvalue weighted by molar-refractivity contribution is 0.660. The van der Waals surface area contributed by atoms with Crippen molar-refractivity contribution in [1.29, 1.82) is 5.26 Å². The van der Waals surface area contributed by atoms with Gasteiger partial charge in [-0.3, -0.25) is 0 Å². The van der Waals surface area contributed by atoms with Crippen molar-refractivity contribution in [1.82, 2.24) is 0 Å². The fraction of sp³-hybridized carbons (Fsp3) is 0.190. The van der Waals surface area contributed by atoms with Crippen molar-refractivity contribution < 1.29 is 0 Å². The quantitative estimate of drug-likeness (QED) is 0.140. The summed E-state index contributed by atoms with van der Waals surface area (Å²) in [5, 5.41) is 16.6. The fourth-order valence-corrected chi connectivity index (χ4v) is 14.8. The Kier molecular flexibility index (Phi) is 6.22. The summed E-state index contributed by atoms with van der Waals surface area (Å²) in [5.41, 5.74) is 31.0. The molecule has 306 valence electrons. The van der Waals surface area contributed by atoms with Crippen molar-refractivity contribution in [2.45, 2.75) is 77.0 Å². The van der Waals surface area contributed by atoms with Gasteiger partial charge in [-0.15, -0.1) is 0 Å². The van der Waals surface area contributed by atoms with Crippen molar-refractivity contribution in [3.05, 3.63) is 184 Å². The highest BCUT2D eigenvalue weighted by Crippen LogP contribution is 2.62. The Morgan fingerprint density at radius 1 is 0.354 bits per heavy atom. The second-order valence-electron chi connectivity index (χ2n) is 22.2. The molecule has 2 heterocycles. The highest BCUT2D eigenvalue weighted by Gasteiger charge is 2.50. The van der Waals surface area contributed by atoms with Crippen LogP contribution in [0.25, 0.3) is 88.3 Å². The summed E-state index contributed by atoms with van der Waals surface area (Å²) in [6, 6.07) is 54.4. The molecule has 0 unspecified atom stereocenters. The van der Waals surface area contributed by atoms with Gasteiger partial charge < -0.3 is 0 Å². The first-order valence-electron chi connectivity index (χ1n) is 23.6. The van der Waals surface area contributed by atoms with E-state index in [-0.39, 0.29) is 28.4 Å². The molecule has 4 aliphatic carbocycles. The highest BCUT2D eigenvalue weighted by atomic mass is 14.5. The molecule has 0 amide bonds. The van der Waals surface area contributed by atoms with Crippen LogP contribution in [0.5, 0.6) is 0 Å². The van der Waals surface area contributed by atoms with Crippen LogP contribution >= 0.6 is 0 Å². The van der Waals surface area contributed by atoms with E-state index >= 15 is 0 Å². The molecular formula is C63H46BN. The molecule has 0 fully saturated rings. The molecule has 0 N–H and O–H groups in total. The number of nitriles is 1. The zero-order chi connectivity index (χ0) is 44.0. The van der Waals surface area contributed by atoms with Gasteiger partial charge in [0.1, 0.15) is 0 Å². The third-order valence-electron chi connectivity index (χ3n) is 17.8. The second-order valence-corrected chi connectivity index (χ2v) is 22.2. The SMILES string of the molecule is CC1(C)c2ccccc2-c2c1cc1c3c(cc4c1c2-c1cc(C#N)cc2c1B4c1cc4c(c5cc6c(c-2c15)-c1ccccc1C6(C)C)-c1ccccc1C4(C)C)C(C)(C)c1ccccc1-3. The average Bonchev–Trinajstić information content (AvgIpc) is 3.88. The first kappa shape index (κ1) is 36.4. The zero-order valence-corrected chi connectivity index (χ0v) is 38.2. The maximum atomic E-state index is 11.2. The lowest BCUT2D eigenvalue weighted by Crippen LogP contribution is -2.58. The van der Waals surface area contributed by atoms with E-state index in [9.17, 15) is 5.26 Å². The predicted molar refractivity (Wildman–Crippen MR) is 272 cm³/mol. The Hall–Kier alpha value is -6.95. The monoisotopic (exact) mass is 827 g/mol. The molecule has 9 aromatic rings. The number of rotatable bonds is 0. The first-order chi connectivity index (χ1) is 31.3. The van der Waals surface area contributed by atoms with E-state index in [2.05, 4.69) is 195 Å². The van der Waals surface area contributed by atoms with Crippen LogP contribution in [0, 0.1) is 11.3 Å². The van der Waals surface area contributed by atoms with Crippen LogP contribution in [0.15, 0.2) is 133 Å². The molecule has 0 radical (unpaired) electrons. The van der Waals surface area contributed by atoms with E-state index in [1.807, 2.05) is 0 Å². The first-order valence-corrected chi connectivity index (χ1v) is 23.6. The summed E-state index contributed by atoms with van der Waals surface area (Å²) >= 11 is 0. The molecule has 0 aromatic heterocycles. The Morgan fingerprint density at radius 3 is 1.03 bits per heavy atom. The molecule has 65 heavy (non-hydrogen) atoms. The lowest BCUT2D eigenvalue weighted by atomic mass is 9.30. The molecule has 0 bridgehead atoms. The zero-order valence-electron chi connectivity index (χ0n) is 38.2. The third kappa shape index (κ3) is 3.88. The predicted octanol–water partition coefficient (Wildman–Crippen LogP) is 13.6. The number of hydrogen-bond donors (Lipinski definition) is 0. The third-order valence-corrected chi connectivity index (χ3v) is 17.8. The minimum Gasteiger partial charge on any atom is -0.192 e. The molecule has 0 atom stereocenters. The van der Waals surface area contributed by atoms with Gasteiger partial charge in [-0.2, -0.15) is 5.26 Å². The smallest absolute Gasteiger partial charge is 0.192 e. The Balaban J connectivity index is 1.21. The van der Waals surface area contributed by atoms with E-state index in [4.69, 9.17) is 0 Å². The molecule has 1 nitrogen and oxygen atoms in total. The standard InChI is InChI=1S/C63H46BN/c1-60(2)43-23-15-11-19-35(43)53-45(60)27-37-51-33-17-9-13-21-41(33)62(5,6)47(51)29-49-55(37)57(53)39-25-32(31-65)26-40-58-54-36-20-12-16-24-44(36)61(3,4)46(54)28-38-52-34-18-10-14-22-42(34)63(7,8)48(52)30-50(56(38)58)64(49)59(39)40/h9-30H,1-8H3. The van der Waals surface area contributed by atoms with Crippen molar-refractivity contribution in [2.75, 3.05) is 0 Å². The van der Waals surface area contributed by atoms with Gasteiger partial charge in [0.15, 0.2) is 0 Å². The van der Waals surface area contributed by atoms with Crippen molar-refractivity contribution in [3.63, 3.8) is 0 Å². The maximum Gasteiger partial charge on any atom is 0.244 e. The number of fused-ring (bicyclic) bond motifs is 20. The van der Waals surface area contributed by atoms with Crippen molar-refractivity contribution >= 4 is 44.6 Å². The topological polar surface area (TPSA) is 23.8 Å². The van der Waals surface area contributed by atoms with Gasteiger partial charge in [0.05, 0.1) is 11.6 Å². The minimum absolute atomic E-state index is 0.0437. The molecule has 15 rings (SSSR count). The van der Waals surface area contributed by atoms with Crippen LogP contribution in [-0.4, -0.2) is 6.71 Å². The molecule has 0 spiro atoms. The fourth-order valence-electron chi connectivity index (χ4n) is 14.8. The summed E-state index contributed by atoms with van der Waals surface area (Å²) in [4.78, 5) is 0. The number of hydrogen-bond acceptors (Lipinski definition) is 1. The average molecular weight is 828 g/mol. The van der Waals surface area contributed by atoms with Gasteiger partial charge in [0.2, 0.25) is 6.71 Å². The van der Waals surface area contributed by atoms with Crippen LogP contribution in [0.2, 0.25) is 0 Å². The molecule has 2 aliphatic heterocycles. The van der Waals surface area contributed by atoms with Gasteiger partial charge >= 0.3 is 0 Å². The highest BCUT2D eigenvalue weighted by molar-refractivity contribution is 7.01. The van der Waals surface area contributed by atoms with Gasteiger partial charge in [-0.05, 0) is 157 Å². The molecule has 9 aromatic carbocycles. The van der Waals surface area contributed by atoms with Crippen LogP contribution in [0.1, 0.15) is 105 Å². The molecule has 2 heteroatoms. The number of nitrogens with zero attached hydrogens (tertiary/aromatic N) is 1. The van der Waals surface area contributed by atoms with E-state index in [0.717, 1.165) is 5.56 Å². The Labute approximate surface area is 381 Å². The van der Waals surface area contributed by atoms with E-state index in [1.54, 1.807) is 0 Å². The lowest BCUT2D eigenvalue weighted by Gasteiger charge is -2.38.